The van der Waals surface area contributed by atoms with E-state index in [0.717, 1.165) is 24.1 Å². The van der Waals surface area contributed by atoms with Crippen LogP contribution in [0.2, 0.25) is 0 Å². The smallest absolute Gasteiger partial charge is 0.358 e. The van der Waals surface area contributed by atoms with E-state index in [1.807, 2.05) is 6.07 Å². The molecule has 152 valence electrons. The summed E-state index contributed by atoms with van der Waals surface area (Å²) in [5.74, 6) is -0.349. The van der Waals surface area contributed by atoms with E-state index in [0.29, 0.717) is 30.1 Å². The lowest BCUT2D eigenvalue weighted by Gasteiger charge is -2.35. The highest BCUT2D eigenvalue weighted by Crippen LogP contribution is 2.55. The number of aromatic nitrogens is 2. The lowest BCUT2D eigenvalue weighted by molar-refractivity contribution is -0.185. The van der Waals surface area contributed by atoms with E-state index in [2.05, 4.69) is 23.8 Å². The zero-order chi connectivity index (χ0) is 20.1. The fraction of sp³-hybridized carbons (Fsp3) is 0.636. The van der Waals surface area contributed by atoms with E-state index in [-0.39, 0.29) is 29.6 Å². The number of nitrogens with zero attached hydrogens (tertiary/aromatic N) is 1. The van der Waals surface area contributed by atoms with Crippen molar-refractivity contribution in [3.8, 4) is 0 Å². The minimum Gasteiger partial charge on any atom is -0.358 e. The molecule has 0 amide bonds. The number of hydrogen-bond acceptors (Lipinski definition) is 2. The van der Waals surface area contributed by atoms with Crippen molar-refractivity contribution in [1.29, 1.82) is 0 Å². The van der Waals surface area contributed by atoms with Crippen LogP contribution in [0.25, 0.3) is 10.9 Å². The quantitative estimate of drug-likeness (QED) is 0.701. The minimum absolute atomic E-state index is 0.0407. The molecule has 2 saturated carbocycles. The van der Waals surface area contributed by atoms with Crippen molar-refractivity contribution in [3.63, 3.8) is 0 Å². The summed E-state index contributed by atoms with van der Waals surface area (Å²) in [5.41, 5.74) is 1.79. The van der Waals surface area contributed by atoms with Crippen LogP contribution < -0.4 is 5.43 Å². The number of halogens is 3. The Morgan fingerprint density at radius 2 is 1.86 bits per heavy atom. The number of pyridine rings is 2. The van der Waals surface area contributed by atoms with Crippen LogP contribution in [0.5, 0.6) is 0 Å². The Bertz CT molecular complexity index is 910. The molecule has 2 atom stereocenters. The van der Waals surface area contributed by atoms with E-state index in [1.54, 1.807) is 18.5 Å². The van der Waals surface area contributed by atoms with Crippen molar-refractivity contribution in [2.75, 3.05) is 0 Å². The van der Waals surface area contributed by atoms with Crippen LogP contribution in [0.1, 0.15) is 64.0 Å². The molecule has 2 aromatic heterocycles. The molecule has 2 aromatic rings. The Balaban J connectivity index is 1.62. The molecule has 2 aliphatic rings. The zero-order valence-electron chi connectivity index (χ0n) is 16.4. The number of nitrogens with one attached hydrogen (secondary N) is 1. The number of hydrogen-bond donors (Lipinski definition) is 1. The Labute approximate surface area is 162 Å². The van der Waals surface area contributed by atoms with Gasteiger partial charge in [0, 0.05) is 30.1 Å². The van der Waals surface area contributed by atoms with Gasteiger partial charge in [0.15, 0.2) is 5.43 Å². The van der Waals surface area contributed by atoms with Gasteiger partial charge in [-0.1, -0.05) is 13.8 Å². The van der Waals surface area contributed by atoms with Crippen LogP contribution in [0.15, 0.2) is 29.3 Å². The molecule has 1 N–H and O–H groups in total. The SMILES string of the molecule is CC1(C)C[C@@H](c2cc(=O)c3cnccc3[nH]2)[C@H](C2CCC(C(F)(F)F)CC2)C1. The summed E-state index contributed by atoms with van der Waals surface area (Å²) in [7, 11) is 0. The third kappa shape index (κ3) is 3.70. The van der Waals surface area contributed by atoms with E-state index >= 15 is 0 Å². The number of fused-ring (bicyclic) bond motifs is 1. The minimum atomic E-state index is -4.07. The van der Waals surface area contributed by atoms with E-state index in [4.69, 9.17) is 0 Å². The molecule has 3 nitrogen and oxygen atoms in total. The lowest BCUT2D eigenvalue weighted by Crippen LogP contribution is -2.31. The Morgan fingerprint density at radius 1 is 1.14 bits per heavy atom. The fourth-order valence-corrected chi connectivity index (χ4v) is 5.63. The van der Waals surface area contributed by atoms with Crippen LogP contribution >= 0.6 is 0 Å². The second-order valence-corrected chi connectivity index (χ2v) is 9.51. The number of H-pyrrole nitrogens is 1. The van der Waals surface area contributed by atoms with Gasteiger partial charge >= 0.3 is 6.18 Å². The van der Waals surface area contributed by atoms with Crippen LogP contribution in [0, 0.1) is 23.2 Å². The molecule has 0 aromatic carbocycles. The van der Waals surface area contributed by atoms with Gasteiger partial charge in [0.2, 0.25) is 0 Å². The van der Waals surface area contributed by atoms with Crippen molar-refractivity contribution in [2.45, 2.75) is 64.5 Å². The summed E-state index contributed by atoms with van der Waals surface area (Å²) in [6, 6.07) is 3.49. The Hall–Kier alpha value is -1.85. The molecule has 2 aliphatic carbocycles. The molecule has 0 saturated heterocycles. The van der Waals surface area contributed by atoms with Gasteiger partial charge in [-0.05, 0) is 61.8 Å². The van der Waals surface area contributed by atoms with Gasteiger partial charge in [0.1, 0.15) is 0 Å². The molecule has 0 bridgehead atoms. The molecule has 6 heteroatoms. The predicted octanol–water partition coefficient (Wildman–Crippen LogP) is 5.81. The van der Waals surface area contributed by atoms with E-state index < -0.39 is 12.1 Å². The molecule has 2 fully saturated rings. The summed E-state index contributed by atoms with van der Waals surface area (Å²) < 4.78 is 39.2. The first-order valence-electron chi connectivity index (χ1n) is 10.2. The van der Waals surface area contributed by atoms with Crippen molar-refractivity contribution in [1.82, 2.24) is 9.97 Å². The Kier molecular flexibility index (Phi) is 4.79. The maximum atomic E-state index is 13.1. The molecule has 2 heterocycles. The normalized spacial score (nSPS) is 30.6. The van der Waals surface area contributed by atoms with Crippen LogP contribution in [-0.2, 0) is 0 Å². The molecule has 28 heavy (non-hydrogen) atoms. The number of alkyl halides is 3. The molecule has 0 spiro atoms. The van der Waals surface area contributed by atoms with Crippen LogP contribution in [0.3, 0.4) is 0 Å². The van der Waals surface area contributed by atoms with Gasteiger partial charge in [-0.25, -0.2) is 0 Å². The predicted molar refractivity (Wildman–Crippen MR) is 103 cm³/mol. The number of rotatable bonds is 2. The third-order valence-corrected chi connectivity index (χ3v) is 6.97. The summed E-state index contributed by atoms with van der Waals surface area (Å²) in [4.78, 5) is 20.0. The maximum absolute atomic E-state index is 13.1. The number of aromatic amines is 1. The van der Waals surface area contributed by atoms with Crippen LogP contribution in [0.4, 0.5) is 13.2 Å². The van der Waals surface area contributed by atoms with Gasteiger partial charge in [-0.3, -0.25) is 9.78 Å². The monoisotopic (exact) mass is 392 g/mol. The highest BCUT2D eigenvalue weighted by atomic mass is 19.4. The standard InChI is InChI=1S/C22H27F3N2O/c1-21(2)10-15(13-3-5-14(6-4-13)22(23,24)25)16(11-21)19-9-20(28)17-12-26-8-7-18(17)27-19/h7-9,12-16H,3-6,10-11H2,1-2H3,(H,27,28)/t13?,14?,15-,16+/m0/s1. The largest absolute Gasteiger partial charge is 0.391 e. The van der Waals surface area contributed by atoms with E-state index in [1.165, 1.54) is 0 Å². The third-order valence-electron chi connectivity index (χ3n) is 6.97. The second kappa shape index (κ2) is 6.89. The average molecular weight is 392 g/mol. The molecular formula is C22H27F3N2O. The van der Waals surface area contributed by atoms with Crippen molar-refractivity contribution < 1.29 is 13.2 Å². The van der Waals surface area contributed by atoms with Gasteiger partial charge in [-0.2, -0.15) is 13.2 Å². The molecular weight excluding hydrogens is 365 g/mol. The first kappa shape index (κ1) is 19.5. The summed E-state index contributed by atoms with van der Waals surface area (Å²) in [6.07, 6.45) is 2.83. The van der Waals surface area contributed by atoms with E-state index in [9.17, 15) is 18.0 Å². The first-order valence-corrected chi connectivity index (χ1v) is 10.2. The highest BCUT2D eigenvalue weighted by Gasteiger charge is 2.47. The molecule has 0 aliphatic heterocycles. The molecule has 0 radical (unpaired) electrons. The highest BCUT2D eigenvalue weighted by molar-refractivity contribution is 5.77. The fourth-order valence-electron chi connectivity index (χ4n) is 5.63. The van der Waals surface area contributed by atoms with Gasteiger partial charge in [0.25, 0.3) is 0 Å². The van der Waals surface area contributed by atoms with Gasteiger partial charge < -0.3 is 4.98 Å². The van der Waals surface area contributed by atoms with Crippen molar-refractivity contribution in [3.05, 3.63) is 40.4 Å². The summed E-state index contributed by atoms with van der Waals surface area (Å²) in [6.45, 7) is 4.45. The molecule has 0 unspecified atom stereocenters. The summed E-state index contributed by atoms with van der Waals surface area (Å²) in [5, 5.41) is 0.575. The second-order valence-electron chi connectivity index (χ2n) is 9.51. The molecule has 4 rings (SSSR count). The zero-order valence-corrected chi connectivity index (χ0v) is 16.4. The van der Waals surface area contributed by atoms with Crippen molar-refractivity contribution >= 4 is 10.9 Å². The lowest BCUT2D eigenvalue weighted by atomic mass is 9.71. The topological polar surface area (TPSA) is 45.8 Å². The van der Waals surface area contributed by atoms with Gasteiger partial charge in [-0.15, -0.1) is 0 Å². The van der Waals surface area contributed by atoms with Crippen LogP contribution in [-0.4, -0.2) is 16.1 Å². The Morgan fingerprint density at radius 3 is 2.54 bits per heavy atom. The van der Waals surface area contributed by atoms with Crippen molar-refractivity contribution in [2.24, 2.45) is 23.2 Å². The average Bonchev–Trinajstić information content (AvgIpc) is 2.97. The first-order chi connectivity index (χ1) is 13.1. The van der Waals surface area contributed by atoms with Gasteiger partial charge in [0.05, 0.1) is 16.8 Å². The summed E-state index contributed by atoms with van der Waals surface area (Å²) >= 11 is 0. The maximum Gasteiger partial charge on any atom is 0.391 e.